The van der Waals surface area contributed by atoms with Crippen molar-refractivity contribution < 1.29 is 19.1 Å². The maximum absolute atomic E-state index is 13.2. The van der Waals surface area contributed by atoms with Crippen LogP contribution in [0.25, 0.3) is 0 Å². The Kier molecular flexibility index (Phi) is 5.58. The van der Waals surface area contributed by atoms with Crippen molar-refractivity contribution >= 4 is 23.2 Å². The van der Waals surface area contributed by atoms with Gasteiger partial charge in [0.05, 0.1) is 0 Å². The number of hydrogen-bond acceptors (Lipinski definition) is 4. The van der Waals surface area contributed by atoms with Crippen molar-refractivity contribution in [3.8, 4) is 11.5 Å². The van der Waals surface area contributed by atoms with Crippen molar-refractivity contribution in [3.05, 3.63) is 48.0 Å². The van der Waals surface area contributed by atoms with Crippen LogP contribution in [-0.2, 0) is 9.59 Å². The summed E-state index contributed by atoms with van der Waals surface area (Å²) < 4.78 is 11.0. The standard InChI is InChI=1S/C22H26N2O4/c1-5-24(17-8-6-7-15(2)13-17)21(26)22(3,4)20(25)23-16-9-10-18-19(14-16)28-12-11-27-18/h6-10,13-14H,5,11-12H2,1-4H3,(H,23,25). The summed E-state index contributed by atoms with van der Waals surface area (Å²) in [7, 11) is 0. The molecular formula is C22H26N2O4. The summed E-state index contributed by atoms with van der Waals surface area (Å²) in [5.41, 5.74) is 1.16. The van der Waals surface area contributed by atoms with E-state index in [0.29, 0.717) is 36.9 Å². The molecule has 0 unspecified atom stereocenters. The number of fused-ring (bicyclic) bond motifs is 1. The number of nitrogens with zero attached hydrogens (tertiary/aromatic N) is 1. The molecule has 0 spiro atoms. The molecule has 0 fully saturated rings. The third-order valence-corrected chi connectivity index (χ3v) is 4.78. The molecule has 0 aliphatic carbocycles. The molecule has 1 N–H and O–H groups in total. The highest BCUT2D eigenvalue weighted by Crippen LogP contribution is 2.33. The van der Waals surface area contributed by atoms with E-state index in [4.69, 9.17) is 9.47 Å². The summed E-state index contributed by atoms with van der Waals surface area (Å²) in [4.78, 5) is 27.8. The molecule has 2 aromatic rings. The smallest absolute Gasteiger partial charge is 0.242 e. The molecule has 0 radical (unpaired) electrons. The van der Waals surface area contributed by atoms with Gasteiger partial charge in [0.1, 0.15) is 18.6 Å². The normalized spacial score (nSPS) is 13.0. The topological polar surface area (TPSA) is 67.9 Å². The van der Waals surface area contributed by atoms with E-state index in [1.165, 1.54) is 0 Å². The van der Waals surface area contributed by atoms with Gasteiger partial charge in [-0.15, -0.1) is 0 Å². The molecule has 2 aromatic carbocycles. The molecule has 28 heavy (non-hydrogen) atoms. The lowest BCUT2D eigenvalue weighted by molar-refractivity contribution is -0.136. The summed E-state index contributed by atoms with van der Waals surface area (Å²) in [5, 5.41) is 2.83. The third kappa shape index (κ3) is 3.96. The van der Waals surface area contributed by atoms with Gasteiger partial charge in [0, 0.05) is 24.0 Å². The predicted octanol–water partition coefficient (Wildman–Crippen LogP) is 3.78. The quantitative estimate of drug-likeness (QED) is 0.799. The first-order valence-electron chi connectivity index (χ1n) is 9.42. The van der Waals surface area contributed by atoms with Gasteiger partial charge in [0.25, 0.3) is 0 Å². The number of carbonyl (C=O) groups is 2. The Morgan fingerprint density at radius 3 is 2.46 bits per heavy atom. The van der Waals surface area contributed by atoms with Crippen molar-refractivity contribution in [1.29, 1.82) is 0 Å². The Bertz CT molecular complexity index is 892. The van der Waals surface area contributed by atoms with Crippen molar-refractivity contribution in [3.63, 3.8) is 0 Å². The van der Waals surface area contributed by atoms with E-state index in [-0.39, 0.29) is 11.8 Å². The first-order valence-corrected chi connectivity index (χ1v) is 9.42. The van der Waals surface area contributed by atoms with Crippen LogP contribution in [0.4, 0.5) is 11.4 Å². The van der Waals surface area contributed by atoms with Gasteiger partial charge in [-0.1, -0.05) is 12.1 Å². The Morgan fingerprint density at radius 2 is 1.79 bits per heavy atom. The average molecular weight is 382 g/mol. The van der Waals surface area contributed by atoms with Crippen molar-refractivity contribution in [2.24, 2.45) is 5.41 Å². The van der Waals surface area contributed by atoms with Gasteiger partial charge in [0.15, 0.2) is 11.5 Å². The van der Waals surface area contributed by atoms with E-state index in [2.05, 4.69) is 5.32 Å². The average Bonchev–Trinajstić information content (AvgIpc) is 2.68. The van der Waals surface area contributed by atoms with Crippen molar-refractivity contribution in [2.75, 3.05) is 30.0 Å². The number of nitrogens with one attached hydrogen (secondary N) is 1. The van der Waals surface area contributed by atoms with E-state index >= 15 is 0 Å². The Balaban J connectivity index is 1.78. The lowest BCUT2D eigenvalue weighted by Gasteiger charge is -2.30. The first-order chi connectivity index (χ1) is 13.3. The fraction of sp³-hybridized carbons (Fsp3) is 0.364. The first kappa shape index (κ1) is 19.7. The second kappa shape index (κ2) is 7.92. The summed E-state index contributed by atoms with van der Waals surface area (Å²) in [6.07, 6.45) is 0. The lowest BCUT2D eigenvalue weighted by Crippen LogP contribution is -2.47. The molecule has 1 heterocycles. The molecule has 2 amide bonds. The fourth-order valence-electron chi connectivity index (χ4n) is 3.08. The number of benzene rings is 2. The molecular weight excluding hydrogens is 356 g/mol. The van der Waals surface area contributed by atoms with Crippen LogP contribution >= 0.6 is 0 Å². The van der Waals surface area contributed by atoms with Crippen LogP contribution < -0.4 is 19.7 Å². The minimum atomic E-state index is -1.24. The highest BCUT2D eigenvalue weighted by molar-refractivity contribution is 6.14. The molecule has 1 aliphatic rings. The van der Waals surface area contributed by atoms with Crippen molar-refractivity contribution in [1.82, 2.24) is 0 Å². The molecule has 3 rings (SSSR count). The van der Waals surface area contributed by atoms with Crippen LogP contribution in [0.2, 0.25) is 0 Å². The van der Waals surface area contributed by atoms with E-state index in [1.54, 1.807) is 36.9 Å². The van der Waals surface area contributed by atoms with Crippen LogP contribution in [0.3, 0.4) is 0 Å². The van der Waals surface area contributed by atoms with E-state index in [0.717, 1.165) is 11.3 Å². The number of aryl methyl sites for hydroxylation is 1. The van der Waals surface area contributed by atoms with E-state index in [1.807, 2.05) is 38.1 Å². The number of amides is 2. The highest BCUT2D eigenvalue weighted by Gasteiger charge is 2.39. The van der Waals surface area contributed by atoms with Gasteiger partial charge >= 0.3 is 0 Å². The zero-order chi connectivity index (χ0) is 20.3. The predicted molar refractivity (Wildman–Crippen MR) is 109 cm³/mol. The molecule has 0 aromatic heterocycles. The van der Waals surface area contributed by atoms with Crippen LogP contribution in [0, 0.1) is 12.3 Å². The highest BCUT2D eigenvalue weighted by atomic mass is 16.6. The molecule has 0 saturated heterocycles. The summed E-state index contributed by atoms with van der Waals surface area (Å²) in [5.74, 6) is 0.607. The second-order valence-electron chi connectivity index (χ2n) is 7.33. The summed E-state index contributed by atoms with van der Waals surface area (Å²) in [6, 6.07) is 12.9. The molecule has 6 nitrogen and oxygen atoms in total. The van der Waals surface area contributed by atoms with Gasteiger partial charge < -0.3 is 19.7 Å². The second-order valence-corrected chi connectivity index (χ2v) is 7.33. The molecule has 0 saturated carbocycles. The van der Waals surface area contributed by atoms with Crippen LogP contribution in [0.1, 0.15) is 26.3 Å². The number of hydrogen-bond donors (Lipinski definition) is 1. The van der Waals surface area contributed by atoms with Gasteiger partial charge in [-0.05, 0) is 57.5 Å². The van der Waals surface area contributed by atoms with Gasteiger partial charge in [0.2, 0.25) is 11.8 Å². The monoisotopic (exact) mass is 382 g/mol. The maximum Gasteiger partial charge on any atom is 0.242 e. The maximum atomic E-state index is 13.2. The molecule has 0 bridgehead atoms. The molecule has 6 heteroatoms. The summed E-state index contributed by atoms with van der Waals surface area (Å²) >= 11 is 0. The zero-order valence-electron chi connectivity index (χ0n) is 16.7. The van der Waals surface area contributed by atoms with Gasteiger partial charge in [-0.3, -0.25) is 9.59 Å². The summed E-state index contributed by atoms with van der Waals surface area (Å²) in [6.45, 7) is 8.60. The van der Waals surface area contributed by atoms with Crippen LogP contribution in [-0.4, -0.2) is 31.6 Å². The Hall–Kier alpha value is -3.02. The zero-order valence-corrected chi connectivity index (χ0v) is 16.7. The Labute approximate surface area is 165 Å². The Morgan fingerprint density at radius 1 is 1.07 bits per heavy atom. The minimum Gasteiger partial charge on any atom is -0.486 e. The van der Waals surface area contributed by atoms with Gasteiger partial charge in [-0.2, -0.15) is 0 Å². The fourth-order valence-corrected chi connectivity index (χ4v) is 3.08. The minimum absolute atomic E-state index is 0.254. The van der Waals surface area contributed by atoms with Crippen LogP contribution in [0.5, 0.6) is 11.5 Å². The molecule has 148 valence electrons. The van der Waals surface area contributed by atoms with Crippen LogP contribution in [0.15, 0.2) is 42.5 Å². The number of rotatable bonds is 5. The number of ether oxygens (including phenoxy) is 2. The lowest BCUT2D eigenvalue weighted by atomic mass is 9.89. The van der Waals surface area contributed by atoms with Gasteiger partial charge in [-0.25, -0.2) is 0 Å². The van der Waals surface area contributed by atoms with E-state index in [9.17, 15) is 9.59 Å². The SMILES string of the molecule is CCN(C(=O)C(C)(C)C(=O)Nc1ccc2c(c1)OCCO2)c1cccc(C)c1. The largest absolute Gasteiger partial charge is 0.486 e. The number of carbonyl (C=O) groups excluding carboxylic acids is 2. The van der Waals surface area contributed by atoms with E-state index < -0.39 is 5.41 Å². The third-order valence-electron chi connectivity index (χ3n) is 4.78. The molecule has 0 atom stereocenters. The number of anilines is 2. The molecule has 1 aliphatic heterocycles. The van der Waals surface area contributed by atoms with Crippen molar-refractivity contribution in [2.45, 2.75) is 27.7 Å².